The fraction of sp³-hybridized carbons (Fsp3) is 0.818. The number of sulfone groups is 1. The minimum atomic E-state index is -3.10. The van der Waals surface area contributed by atoms with Crippen molar-refractivity contribution in [3.05, 3.63) is 0 Å². The van der Waals surface area contributed by atoms with Gasteiger partial charge in [-0.1, -0.05) is 13.8 Å². The Balaban J connectivity index is 2.53. The van der Waals surface area contributed by atoms with Crippen LogP contribution >= 0.6 is 0 Å². The lowest BCUT2D eigenvalue weighted by Crippen LogP contribution is -2.53. The molecular formula is C11H20N2O5S. The van der Waals surface area contributed by atoms with Crippen molar-refractivity contribution in [2.24, 2.45) is 5.92 Å². The van der Waals surface area contributed by atoms with Crippen LogP contribution in [0.25, 0.3) is 0 Å². The number of carbonyl (C=O) groups is 2. The fourth-order valence-electron chi connectivity index (χ4n) is 2.02. The highest BCUT2D eigenvalue weighted by molar-refractivity contribution is 7.91. The van der Waals surface area contributed by atoms with Crippen molar-refractivity contribution < 1.29 is 23.1 Å². The number of hydrogen-bond acceptors (Lipinski definition) is 4. The maximum Gasteiger partial charge on any atom is 0.326 e. The SMILES string of the molecule is CC(C)[C@@H](NC(=O)NC1CCCS(=O)(=O)C1)C(=O)O. The van der Waals surface area contributed by atoms with Crippen LogP contribution in [0.15, 0.2) is 0 Å². The molecular weight excluding hydrogens is 272 g/mol. The number of carboxylic acid groups (broad SMARTS) is 1. The zero-order valence-electron chi connectivity index (χ0n) is 11.0. The molecule has 0 saturated carbocycles. The van der Waals surface area contributed by atoms with Crippen LogP contribution < -0.4 is 10.6 Å². The highest BCUT2D eigenvalue weighted by Crippen LogP contribution is 2.12. The summed E-state index contributed by atoms with van der Waals surface area (Å²) < 4.78 is 22.8. The molecule has 19 heavy (non-hydrogen) atoms. The minimum absolute atomic E-state index is 0.0835. The Morgan fingerprint density at radius 2 is 1.95 bits per heavy atom. The van der Waals surface area contributed by atoms with Gasteiger partial charge in [0.15, 0.2) is 9.84 Å². The van der Waals surface area contributed by atoms with Gasteiger partial charge in [-0.05, 0) is 18.8 Å². The van der Waals surface area contributed by atoms with Gasteiger partial charge in [-0.15, -0.1) is 0 Å². The van der Waals surface area contributed by atoms with Crippen molar-refractivity contribution in [2.45, 2.75) is 38.8 Å². The Kier molecular flexibility index (Phi) is 5.16. The molecule has 1 saturated heterocycles. The molecule has 0 aliphatic carbocycles. The van der Waals surface area contributed by atoms with Gasteiger partial charge in [0.05, 0.1) is 11.5 Å². The molecule has 7 nitrogen and oxygen atoms in total. The van der Waals surface area contributed by atoms with Crippen molar-refractivity contribution in [2.75, 3.05) is 11.5 Å². The van der Waals surface area contributed by atoms with Crippen LogP contribution in [-0.2, 0) is 14.6 Å². The third kappa shape index (κ3) is 5.06. The van der Waals surface area contributed by atoms with Crippen LogP contribution in [0.1, 0.15) is 26.7 Å². The van der Waals surface area contributed by atoms with E-state index in [1.807, 2.05) is 0 Å². The van der Waals surface area contributed by atoms with Crippen molar-refractivity contribution in [3.8, 4) is 0 Å². The van der Waals surface area contributed by atoms with Gasteiger partial charge in [0.1, 0.15) is 6.04 Å². The van der Waals surface area contributed by atoms with E-state index in [-0.39, 0.29) is 17.4 Å². The Labute approximate surface area is 112 Å². The number of urea groups is 1. The molecule has 3 N–H and O–H groups in total. The number of hydrogen-bond donors (Lipinski definition) is 3. The lowest BCUT2D eigenvalue weighted by molar-refractivity contribution is -0.140. The van der Waals surface area contributed by atoms with Gasteiger partial charge in [-0.25, -0.2) is 18.0 Å². The highest BCUT2D eigenvalue weighted by Gasteiger charge is 2.28. The molecule has 2 atom stereocenters. The number of amides is 2. The summed E-state index contributed by atoms with van der Waals surface area (Å²) in [5, 5.41) is 13.8. The van der Waals surface area contributed by atoms with E-state index < -0.39 is 33.9 Å². The monoisotopic (exact) mass is 292 g/mol. The van der Waals surface area contributed by atoms with Gasteiger partial charge in [-0.2, -0.15) is 0 Å². The largest absolute Gasteiger partial charge is 0.480 e. The Morgan fingerprint density at radius 1 is 1.32 bits per heavy atom. The molecule has 0 bridgehead atoms. The summed E-state index contributed by atoms with van der Waals surface area (Å²) in [4.78, 5) is 22.6. The van der Waals surface area contributed by atoms with Crippen molar-refractivity contribution in [1.29, 1.82) is 0 Å². The van der Waals surface area contributed by atoms with Gasteiger partial charge < -0.3 is 15.7 Å². The summed E-state index contributed by atoms with van der Waals surface area (Å²) in [6, 6.07) is -2.07. The second-order valence-electron chi connectivity index (χ2n) is 5.13. The van der Waals surface area contributed by atoms with E-state index in [4.69, 9.17) is 5.11 Å². The number of carboxylic acids is 1. The molecule has 0 spiro atoms. The van der Waals surface area contributed by atoms with Gasteiger partial charge in [0.2, 0.25) is 0 Å². The van der Waals surface area contributed by atoms with E-state index in [9.17, 15) is 18.0 Å². The van der Waals surface area contributed by atoms with Crippen molar-refractivity contribution in [1.82, 2.24) is 10.6 Å². The third-order valence-corrected chi connectivity index (χ3v) is 4.84. The molecule has 0 radical (unpaired) electrons. The van der Waals surface area contributed by atoms with Gasteiger partial charge in [0, 0.05) is 6.04 Å². The lowest BCUT2D eigenvalue weighted by Gasteiger charge is -2.25. The predicted molar refractivity (Wildman–Crippen MR) is 69.6 cm³/mol. The lowest BCUT2D eigenvalue weighted by atomic mass is 10.1. The number of aliphatic carboxylic acids is 1. The van der Waals surface area contributed by atoms with Gasteiger partial charge in [0.25, 0.3) is 0 Å². The summed E-state index contributed by atoms with van der Waals surface area (Å²) >= 11 is 0. The fourth-order valence-corrected chi connectivity index (χ4v) is 3.65. The van der Waals surface area contributed by atoms with Crippen molar-refractivity contribution >= 4 is 21.8 Å². The van der Waals surface area contributed by atoms with E-state index in [1.165, 1.54) is 0 Å². The Hall–Kier alpha value is -1.31. The summed E-state index contributed by atoms with van der Waals surface area (Å²) in [6.45, 7) is 3.37. The first-order chi connectivity index (χ1) is 8.71. The first-order valence-corrected chi connectivity index (χ1v) is 8.03. The van der Waals surface area contributed by atoms with Crippen LogP contribution in [0.2, 0.25) is 0 Å². The van der Waals surface area contributed by atoms with E-state index in [2.05, 4.69) is 10.6 Å². The summed E-state index contributed by atoms with van der Waals surface area (Å²) in [5.41, 5.74) is 0. The van der Waals surface area contributed by atoms with Crippen LogP contribution in [0, 0.1) is 5.92 Å². The first kappa shape index (κ1) is 15.7. The van der Waals surface area contributed by atoms with E-state index >= 15 is 0 Å². The molecule has 0 aromatic carbocycles. The smallest absolute Gasteiger partial charge is 0.326 e. The van der Waals surface area contributed by atoms with Gasteiger partial charge >= 0.3 is 12.0 Å². The summed E-state index contributed by atoms with van der Waals surface area (Å²) in [6.07, 6.45) is 1.10. The van der Waals surface area contributed by atoms with Crippen molar-refractivity contribution in [3.63, 3.8) is 0 Å². The average molecular weight is 292 g/mol. The molecule has 0 aromatic heterocycles. The molecule has 1 fully saturated rings. The minimum Gasteiger partial charge on any atom is -0.480 e. The Morgan fingerprint density at radius 3 is 2.42 bits per heavy atom. The number of carbonyl (C=O) groups excluding carboxylic acids is 1. The average Bonchev–Trinajstić information content (AvgIpc) is 2.23. The second kappa shape index (κ2) is 6.23. The van der Waals surface area contributed by atoms with Crippen LogP contribution in [0.4, 0.5) is 4.79 Å². The van der Waals surface area contributed by atoms with Crippen LogP contribution in [0.5, 0.6) is 0 Å². The first-order valence-electron chi connectivity index (χ1n) is 6.21. The molecule has 0 aromatic rings. The quantitative estimate of drug-likeness (QED) is 0.673. The van der Waals surface area contributed by atoms with E-state index in [0.717, 1.165) is 0 Å². The number of rotatable bonds is 4. The molecule has 2 amide bonds. The third-order valence-electron chi connectivity index (χ3n) is 3.02. The standard InChI is InChI=1S/C11H20N2O5S/c1-7(2)9(10(14)15)13-11(16)12-8-4-3-5-19(17,18)6-8/h7-9H,3-6H2,1-2H3,(H,14,15)(H2,12,13,16)/t8?,9-/m1/s1. The normalized spacial score (nSPS) is 23.6. The highest BCUT2D eigenvalue weighted by atomic mass is 32.2. The van der Waals surface area contributed by atoms with E-state index in [1.54, 1.807) is 13.8 Å². The molecule has 1 heterocycles. The van der Waals surface area contributed by atoms with Crippen LogP contribution in [-0.4, -0.2) is 49.1 Å². The molecule has 8 heteroatoms. The molecule has 1 unspecified atom stereocenters. The maximum absolute atomic E-state index is 11.7. The maximum atomic E-state index is 11.7. The second-order valence-corrected chi connectivity index (χ2v) is 7.36. The molecule has 1 rings (SSSR count). The molecule has 1 aliphatic heterocycles. The van der Waals surface area contributed by atoms with Gasteiger partial charge in [-0.3, -0.25) is 0 Å². The van der Waals surface area contributed by atoms with E-state index in [0.29, 0.717) is 12.8 Å². The predicted octanol–water partition coefficient (Wildman–Crippen LogP) is -0.0280. The zero-order chi connectivity index (χ0) is 14.6. The summed E-state index contributed by atoms with van der Waals surface area (Å²) in [5.74, 6) is -1.30. The molecule has 1 aliphatic rings. The number of nitrogens with one attached hydrogen (secondary N) is 2. The Bertz CT molecular complexity index is 446. The topological polar surface area (TPSA) is 113 Å². The molecule has 110 valence electrons. The van der Waals surface area contributed by atoms with Crippen LogP contribution in [0.3, 0.4) is 0 Å². The zero-order valence-corrected chi connectivity index (χ0v) is 11.9. The summed E-state index contributed by atoms with van der Waals surface area (Å²) in [7, 11) is -3.10.